The molecule has 1 saturated heterocycles. The van der Waals surface area contributed by atoms with Gasteiger partial charge >= 0.3 is 0 Å². The Morgan fingerprint density at radius 1 is 1.10 bits per heavy atom. The number of benzene rings is 2. The molecule has 2 amide bonds. The maximum atomic E-state index is 13.1. The van der Waals surface area contributed by atoms with Gasteiger partial charge in [0.05, 0.1) is 12.6 Å². The molecule has 1 aliphatic rings. The van der Waals surface area contributed by atoms with E-state index in [0.29, 0.717) is 19.6 Å². The first-order valence-corrected chi connectivity index (χ1v) is 11.1. The second kappa shape index (κ2) is 11.0. The lowest BCUT2D eigenvalue weighted by Crippen LogP contribution is -2.49. The Bertz CT molecular complexity index is 849. The van der Waals surface area contributed by atoms with Crippen LogP contribution < -0.4 is 5.32 Å². The molecule has 0 aliphatic carbocycles. The number of hydrogen-bond acceptors (Lipinski definition) is 3. The number of nitrogens with zero attached hydrogens (tertiary/aromatic N) is 2. The van der Waals surface area contributed by atoms with Crippen LogP contribution in [0.5, 0.6) is 0 Å². The van der Waals surface area contributed by atoms with E-state index in [4.69, 9.17) is 0 Å². The van der Waals surface area contributed by atoms with Crippen LogP contribution in [0.1, 0.15) is 55.1 Å². The molecule has 0 radical (unpaired) electrons. The molecule has 1 heterocycles. The van der Waals surface area contributed by atoms with Crippen molar-refractivity contribution in [3.8, 4) is 0 Å². The summed E-state index contributed by atoms with van der Waals surface area (Å²) in [6.07, 6.45) is 2.68. The second-order valence-electron chi connectivity index (χ2n) is 8.20. The van der Waals surface area contributed by atoms with Crippen LogP contribution in [0.2, 0.25) is 0 Å². The molecule has 0 aromatic heterocycles. The Morgan fingerprint density at radius 3 is 2.35 bits per heavy atom. The van der Waals surface area contributed by atoms with Crippen LogP contribution in [0.25, 0.3) is 0 Å². The van der Waals surface area contributed by atoms with E-state index in [0.717, 1.165) is 36.9 Å². The van der Waals surface area contributed by atoms with Crippen molar-refractivity contribution in [2.45, 2.75) is 45.2 Å². The molecule has 1 atom stereocenters. The lowest BCUT2D eigenvalue weighted by atomic mass is 10.0. The summed E-state index contributed by atoms with van der Waals surface area (Å²) in [7, 11) is 0. The first kappa shape index (κ1) is 22.9. The fourth-order valence-corrected chi connectivity index (χ4v) is 4.18. The number of rotatable bonds is 8. The summed E-state index contributed by atoms with van der Waals surface area (Å²) in [6, 6.07) is 15.7. The minimum atomic E-state index is -0.284. The van der Waals surface area contributed by atoms with E-state index in [9.17, 15) is 14.0 Å². The Balaban J connectivity index is 1.53. The van der Waals surface area contributed by atoms with Crippen LogP contribution >= 0.6 is 0 Å². The van der Waals surface area contributed by atoms with Gasteiger partial charge in [0, 0.05) is 24.7 Å². The SMILES string of the molecule is CCCN(CC(=O)NC(C)c1ccc(F)cc1)C1CCN(C(=O)c2ccccc2)CC1. The van der Waals surface area contributed by atoms with Gasteiger partial charge in [-0.3, -0.25) is 14.5 Å². The van der Waals surface area contributed by atoms with E-state index in [1.807, 2.05) is 42.2 Å². The van der Waals surface area contributed by atoms with Crippen LogP contribution in [0, 0.1) is 5.82 Å². The number of amides is 2. The van der Waals surface area contributed by atoms with Crippen molar-refractivity contribution in [3.05, 3.63) is 71.5 Å². The molecule has 2 aromatic rings. The van der Waals surface area contributed by atoms with E-state index >= 15 is 0 Å². The van der Waals surface area contributed by atoms with Crippen molar-refractivity contribution < 1.29 is 14.0 Å². The van der Waals surface area contributed by atoms with Crippen LogP contribution in [0.15, 0.2) is 54.6 Å². The summed E-state index contributed by atoms with van der Waals surface area (Å²) >= 11 is 0. The molecule has 1 unspecified atom stereocenters. The Kier molecular flexibility index (Phi) is 8.18. The first-order valence-electron chi connectivity index (χ1n) is 11.1. The van der Waals surface area contributed by atoms with E-state index in [1.54, 1.807) is 12.1 Å². The molecule has 3 rings (SSSR count). The molecule has 2 aromatic carbocycles. The number of carbonyl (C=O) groups is 2. The van der Waals surface area contributed by atoms with E-state index < -0.39 is 0 Å². The number of carbonyl (C=O) groups excluding carboxylic acids is 2. The van der Waals surface area contributed by atoms with Gasteiger partial charge in [-0.2, -0.15) is 0 Å². The van der Waals surface area contributed by atoms with Gasteiger partial charge in [-0.25, -0.2) is 4.39 Å². The third kappa shape index (κ3) is 6.37. The third-order valence-corrected chi connectivity index (χ3v) is 5.89. The molecule has 1 N–H and O–H groups in total. The molecule has 166 valence electrons. The molecule has 1 fully saturated rings. The highest BCUT2D eigenvalue weighted by molar-refractivity contribution is 5.94. The van der Waals surface area contributed by atoms with Crippen molar-refractivity contribution in [1.29, 1.82) is 0 Å². The molecular weight excluding hydrogens is 393 g/mol. The summed E-state index contributed by atoms with van der Waals surface area (Å²) in [6.45, 7) is 6.59. The van der Waals surface area contributed by atoms with Gasteiger partial charge in [0.1, 0.15) is 5.82 Å². The fraction of sp³-hybridized carbons (Fsp3) is 0.440. The standard InChI is InChI=1S/C25H32FN3O2/c1-3-15-29(18-24(30)27-19(2)20-9-11-22(26)12-10-20)23-13-16-28(17-14-23)25(31)21-7-5-4-6-8-21/h4-12,19,23H,3,13-18H2,1-2H3,(H,27,30). The van der Waals surface area contributed by atoms with E-state index in [-0.39, 0.29) is 29.7 Å². The summed E-state index contributed by atoms with van der Waals surface area (Å²) in [5.41, 5.74) is 1.60. The van der Waals surface area contributed by atoms with Crippen LogP contribution in [0.4, 0.5) is 4.39 Å². The lowest BCUT2D eigenvalue weighted by Gasteiger charge is -2.38. The molecule has 0 spiro atoms. The molecule has 0 saturated carbocycles. The van der Waals surface area contributed by atoms with Crippen molar-refractivity contribution in [2.24, 2.45) is 0 Å². The van der Waals surface area contributed by atoms with Gasteiger partial charge in [0.25, 0.3) is 5.91 Å². The molecule has 1 aliphatic heterocycles. The highest BCUT2D eigenvalue weighted by Gasteiger charge is 2.28. The van der Waals surface area contributed by atoms with Gasteiger partial charge in [0.15, 0.2) is 0 Å². The van der Waals surface area contributed by atoms with Gasteiger partial charge in [0.2, 0.25) is 5.91 Å². The van der Waals surface area contributed by atoms with E-state index in [2.05, 4.69) is 17.1 Å². The highest BCUT2D eigenvalue weighted by atomic mass is 19.1. The number of nitrogens with one attached hydrogen (secondary N) is 1. The Labute approximate surface area is 184 Å². The van der Waals surface area contributed by atoms with Crippen molar-refractivity contribution in [2.75, 3.05) is 26.2 Å². The smallest absolute Gasteiger partial charge is 0.253 e. The van der Waals surface area contributed by atoms with Gasteiger partial charge in [-0.1, -0.05) is 37.3 Å². The van der Waals surface area contributed by atoms with Crippen LogP contribution in [-0.2, 0) is 4.79 Å². The zero-order chi connectivity index (χ0) is 22.2. The zero-order valence-corrected chi connectivity index (χ0v) is 18.4. The quantitative estimate of drug-likeness (QED) is 0.695. The molecule has 31 heavy (non-hydrogen) atoms. The largest absolute Gasteiger partial charge is 0.348 e. The second-order valence-corrected chi connectivity index (χ2v) is 8.20. The van der Waals surface area contributed by atoms with Gasteiger partial charge in [-0.15, -0.1) is 0 Å². The van der Waals surface area contributed by atoms with Crippen LogP contribution in [0.3, 0.4) is 0 Å². The number of halogens is 1. The summed E-state index contributed by atoms with van der Waals surface area (Å²) < 4.78 is 13.1. The minimum absolute atomic E-state index is 0.0342. The normalized spacial score (nSPS) is 15.7. The van der Waals surface area contributed by atoms with Crippen molar-refractivity contribution >= 4 is 11.8 Å². The number of piperidine rings is 1. The summed E-state index contributed by atoms with van der Waals surface area (Å²) in [5, 5.41) is 3.02. The Morgan fingerprint density at radius 2 is 1.74 bits per heavy atom. The molecular formula is C25H32FN3O2. The number of hydrogen-bond donors (Lipinski definition) is 1. The lowest BCUT2D eigenvalue weighted by molar-refractivity contribution is -0.123. The maximum absolute atomic E-state index is 13.1. The minimum Gasteiger partial charge on any atom is -0.348 e. The predicted octanol–water partition coefficient (Wildman–Crippen LogP) is 4.02. The zero-order valence-electron chi connectivity index (χ0n) is 18.4. The molecule has 0 bridgehead atoms. The third-order valence-electron chi connectivity index (χ3n) is 5.89. The Hall–Kier alpha value is -2.73. The van der Waals surface area contributed by atoms with Crippen LogP contribution in [-0.4, -0.2) is 53.8 Å². The topological polar surface area (TPSA) is 52.7 Å². The average Bonchev–Trinajstić information content (AvgIpc) is 2.79. The van der Waals surface area contributed by atoms with Crippen molar-refractivity contribution in [3.63, 3.8) is 0 Å². The monoisotopic (exact) mass is 425 g/mol. The maximum Gasteiger partial charge on any atom is 0.253 e. The van der Waals surface area contributed by atoms with Crippen molar-refractivity contribution in [1.82, 2.24) is 15.1 Å². The molecule has 6 heteroatoms. The fourth-order valence-electron chi connectivity index (χ4n) is 4.18. The highest BCUT2D eigenvalue weighted by Crippen LogP contribution is 2.19. The first-order chi connectivity index (χ1) is 15.0. The summed E-state index contributed by atoms with van der Waals surface area (Å²) in [5.74, 6) is -0.242. The van der Waals surface area contributed by atoms with Gasteiger partial charge < -0.3 is 10.2 Å². The predicted molar refractivity (Wildman–Crippen MR) is 120 cm³/mol. The molecule has 5 nitrogen and oxygen atoms in total. The van der Waals surface area contributed by atoms with E-state index in [1.165, 1.54) is 12.1 Å². The summed E-state index contributed by atoms with van der Waals surface area (Å²) in [4.78, 5) is 29.5. The average molecular weight is 426 g/mol. The van der Waals surface area contributed by atoms with Gasteiger partial charge in [-0.05, 0) is 62.6 Å². The number of likely N-dealkylation sites (tertiary alicyclic amines) is 1.